The van der Waals surface area contributed by atoms with Crippen molar-refractivity contribution in [3.05, 3.63) is 6.58 Å². The van der Waals surface area contributed by atoms with Crippen LogP contribution < -0.4 is 5.32 Å². The molecule has 1 amide bonds. The Morgan fingerprint density at radius 3 is 3.00 bits per heavy atom. The van der Waals surface area contributed by atoms with Gasteiger partial charge < -0.3 is 10.1 Å². The zero-order valence-corrected chi connectivity index (χ0v) is 9.42. The molecule has 0 aromatic rings. The average molecular weight is 212 g/mol. The number of ether oxygens (including phenoxy) is 1. The Morgan fingerprint density at radius 2 is 2.33 bits per heavy atom. The van der Waals surface area contributed by atoms with Crippen LogP contribution in [0.3, 0.4) is 0 Å². The fourth-order valence-electron chi connectivity index (χ4n) is 0.995. The first-order valence-electron chi connectivity index (χ1n) is 5.34. The molecule has 0 aliphatic rings. The first kappa shape index (κ1) is 13.9. The fourth-order valence-corrected chi connectivity index (χ4v) is 0.995. The van der Waals surface area contributed by atoms with Crippen molar-refractivity contribution < 1.29 is 9.53 Å². The van der Waals surface area contributed by atoms with E-state index in [1.807, 2.05) is 0 Å². The predicted molar refractivity (Wildman–Crippen MR) is 61.3 cm³/mol. The number of nitrogens with one attached hydrogen (secondary N) is 1. The number of nitrogens with zero attached hydrogens (tertiary/aromatic N) is 1. The molecule has 4 nitrogen and oxygen atoms in total. The van der Waals surface area contributed by atoms with Crippen molar-refractivity contribution in [3.63, 3.8) is 0 Å². The third-order valence-corrected chi connectivity index (χ3v) is 1.70. The Hall–Kier alpha value is -1.12. The molecular formula is C11H20N2O2. The largest absolute Gasteiger partial charge is 0.380 e. The second-order valence-corrected chi connectivity index (χ2v) is 3.11. The fraction of sp³-hybridized carbons (Fsp3) is 0.727. The molecule has 0 rings (SSSR count). The van der Waals surface area contributed by atoms with Crippen molar-refractivity contribution in [3.8, 4) is 0 Å². The van der Waals surface area contributed by atoms with Gasteiger partial charge in [-0.3, -0.25) is 4.79 Å². The number of carbonyl (C=O) groups excluding carboxylic acids is 1. The van der Waals surface area contributed by atoms with Crippen molar-refractivity contribution in [1.82, 2.24) is 5.32 Å². The summed E-state index contributed by atoms with van der Waals surface area (Å²) in [4.78, 5) is 15.0. The maximum Gasteiger partial charge on any atom is 0.220 e. The lowest BCUT2D eigenvalue weighted by molar-refractivity contribution is -0.121. The van der Waals surface area contributed by atoms with E-state index >= 15 is 0 Å². The Morgan fingerprint density at radius 1 is 1.53 bits per heavy atom. The summed E-state index contributed by atoms with van der Waals surface area (Å²) in [6, 6.07) is 0. The van der Waals surface area contributed by atoms with Gasteiger partial charge in [-0.25, -0.2) is 4.99 Å². The van der Waals surface area contributed by atoms with Crippen molar-refractivity contribution in [1.29, 1.82) is 0 Å². The number of aliphatic imine (C=N–C) groups is 1. The predicted octanol–water partition coefficient (Wildman–Crippen LogP) is 1.17. The zero-order valence-electron chi connectivity index (χ0n) is 9.42. The van der Waals surface area contributed by atoms with Crippen LogP contribution in [0.15, 0.2) is 11.6 Å². The van der Waals surface area contributed by atoms with Crippen LogP contribution in [0.1, 0.15) is 26.2 Å². The molecule has 86 valence electrons. The first-order valence-corrected chi connectivity index (χ1v) is 5.34. The van der Waals surface area contributed by atoms with E-state index in [2.05, 4.69) is 29.7 Å². The highest BCUT2D eigenvalue weighted by molar-refractivity contribution is 5.75. The molecule has 0 aliphatic heterocycles. The Bertz CT molecular complexity index is 211. The van der Waals surface area contributed by atoms with Gasteiger partial charge in [0.25, 0.3) is 0 Å². The quantitative estimate of drug-likeness (QED) is 0.460. The van der Waals surface area contributed by atoms with Crippen molar-refractivity contribution >= 4 is 11.8 Å². The van der Waals surface area contributed by atoms with E-state index in [4.69, 9.17) is 4.74 Å². The summed E-state index contributed by atoms with van der Waals surface area (Å²) in [5, 5.41) is 2.78. The van der Waals surface area contributed by atoms with Gasteiger partial charge >= 0.3 is 0 Å². The van der Waals surface area contributed by atoms with Crippen molar-refractivity contribution in [2.24, 2.45) is 4.99 Å². The van der Waals surface area contributed by atoms with Gasteiger partial charge in [-0.2, -0.15) is 0 Å². The average Bonchev–Trinajstić information content (AvgIpc) is 2.24. The number of carbonyl (C=O) groups is 1. The van der Waals surface area contributed by atoms with E-state index in [1.54, 1.807) is 0 Å². The van der Waals surface area contributed by atoms with Crippen LogP contribution in [0, 0.1) is 0 Å². The third kappa shape index (κ3) is 10.8. The van der Waals surface area contributed by atoms with Crippen LogP contribution in [0.4, 0.5) is 0 Å². The molecule has 0 saturated carbocycles. The molecule has 0 bridgehead atoms. The Labute approximate surface area is 91.4 Å². The minimum absolute atomic E-state index is 0.0503. The van der Waals surface area contributed by atoms with Gasteiger partial charge in [-0.05, 0) is 25.3 Å². The van der Waals surface area contributed by atoms with Gasteiger partial charge in [0.2, 0.25) is 5.91 Å². The molecule has 4 heteroatoms. The standard InChI is InChI=1S/C11H20N2O2/c1-3-9-15-10-8-13-11(14)6-5-7-12-4-2/h2-3,5-10H2,1H3,(H,13,14). The van der Waals surface area contributed by atoms with Crippen LogP contribution in [-0.4, -0.2) is 38.1 Å². The van der Waals surface area contributed by atoms with E-state index in [0.717, 1.165) is 19.4 Å². The maximum absolute atomic E-state index is 11.2. The first-order chi connectivity index (χ1) is 7.31. The summed E-state index contributed by atoms with van der Waals surface area (Å²) < 4.78 is 5.22. The van der Waals surface area contributed by atoms with Crippen molar-refractivity contribution in [2.75, 3.05) is 26.3 Å². The van der Waals surface area contributed by atoms with Crippen LogP contribution in [0.2, 0.25) is 0 Å². The molecule has 0 heterocycles. The van der Waals surface area contributed by atoms with E-state index in [0.29, 0.717) is 26.1 Å². The molecule has 0 aromatic heterocycles. The minimum Gasteiger partial charge on any atom is -0.380 e. The van der Waals surface area contributed by atoms with Crippen molar-refractivity contribution in [2.45, 2.75) is 26.2 Å². The Kier molecular flexibility index (Phi) is 10.1. The highest BCUT2D eigenvalue weighted by Gasteiger charge is 1.98. The molecule has 0 radical (unpaired) electrons. The van der Waals surface area contributed by atoms with Gasteiger partial charge in [0.1, 0.15) is 0 Å². The second-order valence-electron chi connectivity index (χ2n) is 3.11. The van der Waals surface area contributed by atoms with Crippen LogP contribution in [-0.2, 0) is 9.53 Å². The van der Waals surface area contributed by atoms with Gasteiger partial charge in [-0.15, -0.1) is 0 Å². The molecule has 1 N–H and O–H groups in total. The lowest BCUT2D eigenvalue weighted by Gasteiger charge is -2.04. The molecule has 0 aromatic carbocycles. The zero-order chi connectivity index (χ0) is 11.4. The minimum atomic E-state index is 0.0503. The summed E-state index contributed by atoms with van der Waals surface area (Å²) in [6.45, 7) is 7.94. The highest BCUT2D eigenvalue weighted by Crippen LogP contribution is 1.88. The summed E-state index contributed by atoms with van der Waals surface area (Å²) in [5.41, 5.74) is 0. The summed E-state index contributed by atoms with van der Waals surface area (Å²) >= 11 is 0. The number of rotatable bonds is 9. The molecule has 0 saturated heterocycles. The topological polar surface area (TPSA) is 50.7 Å². The van der Waals surface area contributed by atoms with Crippen LogP contribution in [0.5, 0.6) is 0 Å². The number of hydrogen-bond donors (Lipinski definition) is 1. The van der Waals surface area contributed by atoms with E-state index in [1.165, 1.54) is 0 Å². The van der Waals surface area contributed by atoms with Gasteiger partial charge in [0.15, 0.2) is 0 Å². The molecule has 0 atom stereocenters. The van der Waals surface area contributed by atoms with E-state index < -0.39 is 0 Å². The normalized spacial score (nSPS) is 9.40. The third-order valence-electron chi connectivity index (χ3n) is 1.70. The van der Waals surface area contributed by atoms with Gasteiger partial charge in [0.05, 0.1) is 6.61 Å². The van der Waals surface area contributed by atoms with Gasteiger partial charge in [-0.1, -0.05) is 6.92 Å². The lowest BCUT2D eigenvalue weighted by atomic mass is 10.3. The molecule has 0 spiro atoms. The maximum atomic E-state index is 11.2. The summed E-state index contributed by atoms with van der Waals surface area (Å²) in [7, 11) is 0. The molecule has 0 aliphatic carbocycles. The van der Waals surface area contributed by atoms with Gasteiger partial charge in [0, 0.05) is 26.1 Å². The highest BCUT2D eigenvalue weighted by atomic mass is 16.5. The number of hydrogen-bond acceptors (Lipinski definition) is 3. The molecular weight excluding hydrogens is 192 g/mol. The Balaban J connectivity index is 3.22. The molecule has 0 unspecified atom stereocenters. The van der Waals surface area contributed by atoms with E-state index in [9.17, 15) is 4.79 Å². The second kappa shape index (κ2) is 11.0. The summed E-state index contributed by atoms with van der Waals surface area (Å²) in [6.07, 6.45) is 2.25. The molecule has 15 heavy (non-hydrogen) atoms. The SMILES string of the molecule is C=C=NCCCC(=O)NCCOCCC. The lowest BCUT2D eigenvalue weighted by Crippen LogP contribution is -2.27. The monoisotopic (exact) mass is 212 g/mol. The summed E-state index contributed by atoms with van der Waals surface area (Å²) in [5.74, 6) is 2.48. The number of amides is 1. The smallest absolute Gasteiger partial charge is 0.220 e. The van der Waals surface area contributed by atoms with Crippen LogP contribution in [0.25, 0.3) is 0 Å². The van der Waals surface area contributed by atoms with E-state index in [-0.39, 0.29) is 5.91 Å². The molecule has 0 fully saturated rings. The van der Waals surface area contributed by atoms with Crippen LogP contribution >= 0.6 is 0 Å².